The van der Waals surface area contributed by atoms with Crippen LogP contribution in [0.2, 0.25) is 0 Å². The molecule has 0 unspecified atom stereocenters. The summed E-state index contributed by atoms with van der Waals surface area (Å²) < 4.78 is 0. The Morgan fingerprint density at radius 2 is 1.76 bits per heavy atom. The minimum absolute atomic E-state index is 0.0709. The lowest BCUT2D eigenvalue weighted by molar-refractivity contribution is -0.136. The number of aromatic nitrogens is 1. The van der Waals surface area contributed by atoms with Crippen LogP contribution in [0, 0.1) is 0 Å². The van der Waals surface area contributed by atoms with Crippen molar-refractivity contribution in [3.63, 3.8) is 0 Å². The molecule has 0 bridgehead atoms. The van der Waals surface area contributed by atoms with Gasteiger partial charge in [-0.15, -0.1) is 0 Å². The first kappa shape index (κ1) is 14.8. The summed E-state index contributed by atoms with van der Waals surface area (Å²) in [5, 5.41) is 18.5. The van der Waals surface area contributed by atoms with E-state index in [1.807, 2.05) is 0 Å². The smallest absolute Gasteiger partial charge is 0.253 e. The van der Waals surface area contributed by atoms with Gasteiger partial charge in [-0.25, -0.2) is 0 Å². The zero-order chi connectivity index (χ0) is 15.4. The van der Waals surface area contributed by atoms with E-state index in [4.69, 9.17) is 5.11 Å². The summed E-state index contributed by atoms with van der Waals surface area (Å²) in [6.07, 6.45) is 4.59. The summed E-state index contributed by atoms with van der Waals surface area (Å²) in [7, 11) is 0. The van der Waals surface area contributed by atoms with Gasteiger partial charge in [0.2, 0.25) is 5.88 Å². The fraction of sp³-hybridized carbons (Fsp3) is 0.357. The largest absolute Gasteiger partial charge is 0.494 e. The number of hydrogen-bond acceptors (Lipinski definition) is 5. The van der Waals surface area contributed by atoms with Crippen LogP contribution in [0.3, 0.4) is 0 Å². The van der Waals surface area contributed by atoms with E-state index < -0.39 is 0 Å². The predicted molar refractivity (Wildman–Crippen MR) is 72.8 cm³/mol. The Bertz CT molecular complexity index is 585. The SMILES string of the molecule is O=C(CCCCCN1C(=O)C=CC1=O)c1cc(O)[nH]c1O. The Balaban J connectivity index is 1.68. The average molecular weight is 292 g/mol. The average Bonchev–Trinajstić information content (AvgIpc) is 2.93. The normalized spacial score (nSPS) is 14.2. The number of carbonyl (C=O) groups excluding carboxylic acids is 3. The number of amides is 2. The van der Waals surface area contributed by atoms with Gasteiger partial charge in [-0.05, 0) is 12.8 Å². The number of hydrogen-bond donors (Lipinski definition) is 3. The number of rotatable bonds is 7. The molecule has 112 valence electrons. The van der Waals surface area contributed by atoms with Crippen molar-refractivity contribution in [3.8, 4) is 11.8 Å². The molecule has 2 amide bonds. The van der Waals surface area contributed by atoms with Crippen LogP contribution in [0.4, 0.5) is 0 Å². The minimum Gasteiger partial charge on any atom is -0.494 e. The molecular formula is C14H16N2O5. The quantitative estimate of drug-likeness (QED) is 0.396. The molecule has 1 aliphatic heterocycles. The van der Waals surface area contributed by atoms with Gasteiger partial charge in [0, 0.05) is 31.2 Å². The highest BCUT2D eigenvalue weighted by atomic mass is 16.3. The number of carbonyl (C=O) groups is 3. The molecule has 0 aromatic carbocycles. The molecule has 21 heavy (non-hydrogen) atoms. The zero-order valence-electron chi connectivity index (χ0n) is 11.3. The van der Waals surface area contributed by atoms with E-state index in [0.717, 1.165) is 4.90 Å². The van der Waals surface area contributed by atoms with E-state index in [1.54, 1.807) is 0 Å². The number of aromatic hydroxyl groups is 2. The van der Waals surface area contributed by atoms with E-state index >= 15 is 0 Å². The van der Waals surface area contributed by atoms with Crippen molar-refractivity contribution in [1.82, 2.24) is 9.88 Å². The number of Topliss-reactive ketones (excluding diaryl/α,β-unsaturated/α-hetero) is 1. The molecule has 1 aromatic heterocycles. The van der Waals surface area contributed by atoms with Gasteiger partial charge in [-0.2, -0.15) is 0 Å². The number of ketones is 1. The number of H-pyrrole nitrogens is 1. The first-order valence-corrected chi connectivity index (χ1v) is 6.66. The van der Waals surface area contributed by atoms with Crippen LogP contribution in [-0.4, -0.2) is 44.2 Å². The Hall–Kier alpha value is -2.57. The molecule has 0 spiro atoms. The molecule has 1 aromatic rings. The summed E-state index contributed by atoms with van der Waals surface area (Å²) in [6, 6.07) is 1.19. The van der Waals surface area contributed by atoms with Gasteiger partial charge < -0.3 is 10.2 Å². The van der Waals surface area contributed by atoms with Crippen LogP contribution in [0.1, 0.15) is 36.0 Å². The lowest BCUT2D eigenvalue weighted by Gasteiger charge is -2.12. The van der Waals surface area contributed by atoms with Gasteiger partial charge in [0.25, 0.3) is 11.8 Å². The molecule has 0 aliphatic carbocycles. The standard InChI is InChI=1S/C14H16N2O5/c17-10(9-8-11(18)15-14(9)21)4-2-1-3-7-16-12(19)5-6-13(16)20/h5-6,8,15,18,21H,1-4,7H2. The van der Waals surface area contributed by atoms with Gasteiger partial charge in [-0.1, -0.05) is 6.42 Å². The second kappa shape index (κ2) is 6.25. The second-order valence-electron chi connectivity index (χ2n) is 4.81. The van der Waals surface area contributed by atoms with Crippen molar-refractivity contribution >= 4 is 17.6 Å². The molecule has 0 saturated heterocycles. The van der Waals surface area contributed by atoms with Crippen LogP contribution in [0.15, 0.2) is 18.2 Å². The molecule has 0 saturated carbocycles. The third kappa shape index (κ3) is 3.50. The van der Waals surface area contributed by atoms with Crippen LogP contribution in [0.25, 0.3) is 0 Å². The highest BCUT2D eigenvalue weighted by Gasteiger charge is 2.22. The third-order valence-corrected chi connectivity index (χ3v) is 3.27. The maximum atomic E-state index is 11.8. The fourth-order valence-corrected chi connectivity index (χ4v) is 2.16. The van der Waals surface area contributed by atoms with E-state index in [0.29, 0.717) is 25.8 Å². The topological polar surface area (TPSA) is 111 Å². The molecule has 0 atom stereocenters. The Labute approximate surface area is 120 Å². The number of aromatic amines is 1. The van der Waals surface area contributed by atoms with E-state index in [-0.39, 0.29) is 41.3 Å². The molecule has 3 N–H and O–H groups in total. The summed E-state index contributed by atoms with van der Waals surface area (Å²) in [6.45, 7) is 0.342. The lowest BCUT2D eigenvalue weighted by atomic mass is 10.1. The maximum Gasteiger partial charge on any atom is 0.253 e. The van der Waals surface area contributed by atoms with Gasteiger partial charge in [0.1, 0.15) is 0 Å². The Kier molecular flexibility index (Phi) is 4.42. The Morgan fingerprint density at radius 1 is 1.10 bits per heavy atom. The predicted octanol–water partition coefficient (Wildman–Crippen LogP) is 1.09. The van der Waals surface area contributed by atoms with Crippen LogP contribution in [0.5, 0.6) is 11.8 Å². The van der Waals surface area contributed by atoms with Crippen molar-refractivity contribution in [2.45, 2.75) is 25.7 Å². The summed E-state index contributed by atoms with van der Waals surface area (Å²) in [4.78, 5) is 37.8. The molecule has 1 aliphatic rings. The highest BCUT2D eigenvalue weighted by molar-refractivity contribution is 6.12. The van der Waals surface area contributed by atoms with Crippen molar-refractivity contribution in [1.29, 1.82) is 0 Å². The molecule has 7 heteroatoms. The number of nitrogens with zero attached hydrogens (tertiary/aromatic N) is 1. The summed E-state index contributed by atoms with van der Waals surface area (Å²) >= 11 is 0. The molecule has 2 rings (SSSR count). The maximum absolute atomic E-state index is 11.8. The summed E-state index contributed by atoms with van der Waals surface area (Å²) in [5.74, 6) is -1.46. The lowest BCUT2D eigenvalue weighted by Crippen LogP contribution is -2.30. The van der Waals surface area contributed by atoms with Gasteiger partial charge in [-0.3, -0.25) is 24.3 Å². The second-order valence-corrected chi connectivity index (χ2v) is 4.81. The number of nitrogens with one attached hydrogen (secondary N) is 1. The minimum atomic E-state index is -0.336. The number of unbranched alkanes of at least 4 members (excludes halogenated alkanes) is 2. The molecular weight excluding hydrogens is 276 g/mol. The van der Waals surface area contributed by atoms with Crippen molar-refractivity contribution < 1.29 is 24.6 Å². The molecule has 2 heterocycles. The molecule has 0 radical (unpaired) electrons. The van der Waals surface area contributed by atoms with Crippen LogP contribution in [-0.2, 0) is 9.59 Å². The van der Waals surface area contributed by atoms with Gasteiger partial charge in [0.15, 0.2) is 11.7 Å². The molecule has 0 fully saturated rings. The van der Waals surface area contributed by atoms with E-state index in [2.05, 4.69) is 4.98 Å². The number of imide groups is 1. The van der Waals surface area contributed by atoms with Gasteiger partial charge in [0.05, 0.1) is 5.56 Å². The monoisotopic (exact) mass is 292 g/mol. The molecule has 7 nitrogen and oxygen atoms in total. The van der Waals surface area contributed by atoms with Gasteiger partial charge >= 0.3 is 0 Å². The van der Waals surface area contributed by atoms with Crippen LogP contribution >= 0.6 is 0 Å². The zero-order valence-corrected chi connectivity index (χ0v) is 11.3. The summed E-state index contributed by atoms with van der Waals surface area (Å²) in [5.41, 5.74) is 0.0709. The van der Waals surface area contributed by atoms with Crippen molar-refractivity contribution in [3.05, 3.63) is 23.8 Å². The first-order chi connectivity index (χ1) is 9.99. The van der Waals surface area contributed by atoms with Crippen molar-refractivity contribution in [2.75, 3.05) is 6.54 Å². The third-order valence-electron chi connectivity index (χ3n) is 3.27. The fourth-order valence-electron chi connectivity index (χ4n) is 2.16. The highest BCUT2D eigenvalue weighted by Crippen LogP contribution is 2.23. The first-order valence-electron chi connectivity index (χ1n) is 6.66. The van der Waals surface area contributed by atoms with E-state index in [9.17, 15) is 19.5 Å². The van der Waals surface area contributed by atoms with Crippen molar-refractivity contribution in [2.24, 2.45) is 0 Å². The Morgan fingerprint density at radius 3 is 2.33 bits per heavy atom. The van der Waals surface area contributed by atoms with E-state index in [1.165, 1.54) is 18.2 Å². The van der Waals surface area contributed by atoms with Crippen LogP contribution < -0.4 is 0 Å².